The minimum absolute atomic E-state index is 0.0782. The molecule has 2 aromatic rings. The molecule has 2 rings (SSSR count). The van der Waals surface area contributed by atoms with Gasteiger partial charge < -0.3 is 0 Å². The Balaban J connectivity index is 2.36. The molecule has 0 saturated heterocycles. The number of nitrogens with zero attached hydrogens (tertiary/aromatic N) is 3. The van der Waals surface area contributed by atoms with Gasteiger partial charge in [0.15, 0.2) is 0 Å². The molecule has 0 bridgehead atoms. The zero-order valence-corrected chi connectivity index (χ0v) is 10.1. The fourth-order valence-corrected chi connectivity index (χ4v) is 1.85. The number of nitrogens with two attached hydrogens (primary N) is 1. The van der Waals surface area contributed by atoms with Gasteiger partial charge in [-0.25, -0.2) is 5.43 Å². The Bertz CT molecular complexity index is 474. The Morgan fingerprint density at radius 3 is 2.82 bits per heavy atom. The van der Waals surface area contributed by atoms with Crippen LogP contribution < -0.4 is 11.3 Å². The average molecular weight is 231 g/mol. The molecule has 5 nitrogen and oxygen atoms in total. The third-order valence-electron chi connectivity index (χ3n) is 2.78. The molecule has 0 amide bonds. The zero-order chi connectivity index (χ0) is 12.3. The van der Waals surface area contributed by atoms with Crippen molar-refractivity contribution in [3.63, 3.8) is 0 Å². The molecule has 0 radical (unpaired) electrons. The number of pyridine rings is 1. The van der Waals surface area contributed by atoms with E-state index in [1.54, 1.807) is 6.20 Å². The third kappa shape index (κ3) is 2.35. The van der Waals surface area contributed by atoms with E-state index in [4.69, 9.17) is 5.84 Å². The van der Waals surface area contributed by atoms with Gasteiger partial charge in [-0.05, 0) is 31.5 Å². The van der Waals surface area contributed by atoms with E-state index < -0.39 is 0 Å². The summed E-state index contributed by atoms with van der Waals surface area (Å²) >= 11 is 0. The normalized spacial score (nSPS) is 12.6. The number of aromatic nitrogens is 3. The molecule has 2 heterocycles. The lowest BCUT2D eigenvalue weighted by Crippen LogP contribution is -2.30. The first kappa shape index (κ1) is 11.8. The summed E-state index contributed by atoms with van der Waals surface area (Å²) in [7, 11) is 0. The molecule has 3 N–H and O–H groups in total. The van der Waals surface area contributed by atoms with Crippen LogP contribution in [-0.2, 0) is 6.54 Å². The minimum Gasteiger partial charge on any atom is -0.271 e. The Labute approximate surface area is 101 Å². The number of aryl methyl sites for hydroxylation is 2. The van der Waals surface area contributed by atoms with Crippen molar-refractivity contribution < 1.29 is 0 Å². The Morgan fingerprint density at radius 2 is 2.24 bits per heavy atom. The summed E-state index contributed by atoms with van der Waals surface area (Å²) in [5, 5.41) is 4.25. The van der Waals surface area contributed by atoms with Crippen LogP contribution in [0, 0.1) is 6.92 Å². The van der Waals surface area contributed by atoms with Crippen molar-refractivity contribution in [2.45, 2.75) is 26.4 Å². The van der Waals surface area contributed by atoms with Crippen LogP contribution in [0.15, 0.2) is 30.6 Å². The lowest BCUT2D eigenvalue weighted by Gasteiger charge is -2.17. The van der Waals surface area contributed by atoms with Crippen molar-refractivity contribution >= 4 is 0 Å². The van der Waals surface area contributed by atoms with Crippen LogP contribution in [-0.4, -0.2) is 14.8 Å². The van der Waals surface area contributed by atoms with E-state index in [9.17, 15) is 0 Å². The smallest absolute Gasteiger partial charge is 0.0893 e. The van der Waals surface area contributed by atoms with E-state index in [0.29, 0.717) is 0 Å². The van der Waals surface area contributed by atoms with E-state index in [1.165, 1.54) is 0 Å². The second-order valence-corrected chi connectivity index (χ2v) is 3.90. The monoisotopic (exact) mass is 231 g/mol. The molecule has 5 heteroatoms. The summed E-state index contributed by atoms with van der Waals surface area (Å²) in [5.41, 5.74) is 5.89. The summed E-state index contributed by atoms with van der Waals surface area (Å²) in [4.78, 5) is 4.29. The van der Waals surface area contributed by atoms with Gasteiger partial charge in [0.05, 0.1) is 11.7 Å². The summed E-state index contributed by atoms with van der Waals surface area (Å²) in [6, 6.07) is 5.89. The maximum absolute atomic E-state index is 5.64. The average Bonchev–Trinajstić information content (AvgIpc) is 2.81. The predicted octanol–water partition coefficient (Wildman–Crippen LogP) is 1.16. The lowest BCUT2D eigenvalue weighted by molar-refractivity contribution is 0.542. The maximum Gasteiger partial charge on any atom is 0.0893 e. The van der Waals surface area contributed by atoms with Crippen LogP contribution in [0.2, 0.25) is 0 Å². The molecule has 0 fully saturated rings. The molecule has 0 aliphatic heterocycles. The summed E-state index contributed by atoms with van der Waals surface area (Å²) in [6.45, 7) is 4.84. The van der Waals surface area contributed by atoms with E-state index in [0.717, 1.165) is 23.5 Å². The standard InChI is InChI=1S/C12H17N5/c1-3-17-11(6-7-15-17)12(16-13)10-5-4-9(2)14-8-10/h4-8,12,16H,3,13H2,1-2H3. The fraction of sp³-hybridized carbons (Fsp3) is 0.333. The quantitative estimate of drug-likeness (QED) is 0.612. The van der Waals surface area contributed by atoms with Crippen molar-refractivity contribution in [3.05, 3.63) is 47.5 Å². The number of hydrazine groups is 1. The zero-order valence-electron chi connectivity index (χ0n) is 10.1. The molecular weight excluding hydrogens is 214 g/mol. The highest BCUT2D eigenvalue weighted by Crippen LogP contribution is 2.20. The molecule has 17 heavy (non-hydrogen) atoms. The molecule has 2 aromatic heterocycles. The van der Waals surface area contributed by atoms with Crippen molar-refractivity contribution in [2.24, 2.45) is 5.84 Å². The molecule has 0 spiro atoms. The van der Waals surface area contributed by atoms with Gasteiger partial charge in [-0.15, -0.1) is 0 Å². The number of hydrogen-bond acceptors (Lipinski definition) is 4. The number of rotatable bonds is 4. The summed E-state index contributed by atoms with van der Waals surface area (Å²) < 4.78 is 1.92. The number of nitrogens with one attached hydrogen (secondary N) is 1. The summed E-state index contributed by atoms with van der Waals surface area (Å²) in [6.07, 6.45) is 3.62. The predicted molar refractivity (Wildman–Crippen MR) is 66.0 cm³/mol. The van der Waals surface area contributed by atoms with Crippen LogP contribution in [0.3, 0.4) is 0 Å². The van der Waals surface area contributed by atoms with Crippen LogP contribution >= 0.6 is 0 Å². The first-order valence-electron chi connectivity index (χ1n) is 5.66. The SMILES string of the molecule is CCn1nccc1C(NN)c1ccc(C)nc1. The first-order valence-corrected chi connectivity index (χ1v) is 5.66. The molecule has 0 aliphatic rings. The van der Waals surface area contributed by atoms with Crippen LogP contribution in [0.1, 0.15) is 29.9 Å². The Kier molecular flexibility index (Phi) is 3.51. The van der Waals surface area contributed by atoms with Crippen molar-refractivity contribution in [2.75, 3.05) is 0 Å². The van der Waals surface area contributed by atoms with Gasteiger partial charge in [-0.3, -0.25) is 15.5 Å². The second-order valence-electron chi connectivity index (χ2n) is 3.90. The highest BCUT2D eigenvalue weighted by molar-refractivity contribution is 5.26. The molecule has 1 atom stereocenters. The van der Waals surface area contributed by atoms with Crippen LogP contribution in [0.4, 0.5) is 0 Å². The van der Waals surface area contributed by atoms with Crippen molar-refractivity contribution in [1.29, 1.82) is 0 Å². The Hall–Kier alpha value is -1.72. The Morgan fingerprint density at radius 1 is 1.41 bits per heavy atom. The number of hydrogen-bond donors (Lipinski definition) is 2. The van der Waals surface area contributed by atoms with Gasteiger partial charge in [-0.2, -0.15) is 5.10 Å². The van der Waals surface area contributed by atoms with E-state index in [-0.39, 0.29) is 6.04 Å². The fourth-order valence-electron chi connectivity index (χ4n) is 1.85. The van der Waals surface area contributed by atoms with E-state index in [2.05, 4.69) is 22.4 Å². The lowest BCUT2D eigenvalue weighted by atomic mass is 10.1. The summed E-state index contributed by atoms with van der Waals surface area (Å²) in [5.74, 6) is 5.64. The second kappa shape index (κ2) is 5.07. The largest absolute Gasteiger partial charge is 0.271 e. The molecule has 90 valence electrons. The highest BCUT2D eigenvalue weighted by atomic mass is 15.3. The topological polar surface area (TPSA) is 68.8 Å². The minimum atomic E-state index is -0.0782. The first-order chi connectivity index (χ1) is 8.26. The van der Waals surface area contributed by atoms with Crippen LogP contribution in [0.5, 0.6) is 0 Å². The maximum atomic E-state index is 5.64. The van der Waals surface area contributed by atoms with Gasteiger partial charge >= 0.3 is 0 Å². The van der Waals surface area contributed by atoms with Gasteiger partial charge in [0.2, 0.25) is 0 Å². The van der Waals surface area contributed by atoms with Gasteiger partial charge in [0.1, 0.15) is 0 Å². The van der Waals surface area contributed by atoms with E-state index in [1.807, 2.05) is 36.0 Å². The third-order valence-corrected chi connectivity index (χ3v) is 2.78. The molecule has 0 aromatic carbocycles. The van der Waals surface area contributed by atoms with Crippen molar-refractivity contribution in [1.82, 2.24) is 20.2 Å². The van der Waals surface area contributed by atoms with Gasteiger partial charge in [0, 0.05) is 24.6 Å². The highest BCUT2D eigenvalue weighted by Gasteiger charge is 2.16. The van der Waals surface area contributed by atoms with Gasteiger partial charge in [-0.1, -0.05) is 6.07 Å². The van der Waals surface area contributed by atoms with Crippen LogP contribution in [0.25, 0.3) is 0 Å². The molecule has 0 aliphatic carbocycles. The van der Waals surface area contributed by atoms with E-state index >= 15 is 0 Å². The molecule has 0 saturated carbocycles. The van der Waals surface area contributed by atoms with Gasteiger partial charge in [0.25, 0.3) is 0 Å². The molecular formula is C12H17N5. The van der Waals surface area contributed by atoms with Crippen molar-refractivity contribution in [3.8, 4) is 0 Å². The molecule has 1 unspecified atom stereocenters.